The number of amides is 1. The minimum absolute atomic E-state index is 0.106. The predicted octanol–water partition coefficient (Wildman–Crippen LogP) is 2.45. The first-order chi connectivity index (χ1) is 10.5. The Kier molecular flexibility index (Phi) is 5.41. The minimum Gasteiger partial charge on any atom is -0.465 e. The third-order valence-corrected chi connectivity index (χ3v) is 4.10. The maximum atomic E-state index is 12.3. The van der Waals surface area contributed by atoms with Crippen molar-refractivity contribution in [3.05, 3.63) is 29.3 Å². The lowest BCUT2D eigenvalue weighted by Gasteiger charge is -2.31. The topological polar surface area (TPSA) is 58.6 Å². The molecule has 22 heavy (non-hydrogen) atoms. The first-order valence-corrected chi connectivity index (χ1v) is 7.72. The molecule has 1 amide bonds. The number of nitrogens with one attached hydrogen (secondary N) is 1. The van der Waals surface area contributed by atoms with Gasteiger partial charge >= 0.3 is 5.97 Å². The van der Waals surface area contributed by atoms with Gasteiger partial charge in [-0.3, -0.25) is 4.79 Å². The fourth-order valence-corrected chi connectivity index (χ4v) is 2.76. The molecule has 0 radical (unpaired) electrons. The number of hydrogen-bond acceptors (Lipinski definition) is 4. The number of piperidine rings is 1. The highest BCUT2D eigenvalue weighted by molar-refractivity contribution is 5.91. The number of esters is 1. The number of carbonyl (C=O) groups excluding carboxylic acids is 2. The van der Waals surface area contributed by atoms with Gasteiger partial charge in [0.2, 0.25) is 5.91 Å². The molecule has 0 saturated carbocycles. The highest BCUT2D eigenvalue weighted by atomic mass is 16.5. The molecular formula is C17H24N2O3. The van der Waals surface area contributed by atoms with Gasteiger partial charge in [-0.1, -0.05) is 13.0 Å². The fraction of sp³-hybridized carbons (Fsp3) is 0.529. The Balaban J connectivity index is 1.98. The third kappa shape index (κ3) is 4.00. The molecule has 5 nitrogen and oxygen atoms in total. The van der Waals surface area contributed by atoms with E-state index in [-0.39, 0.29) is 18.4 Å². The molecule has 1 unspecified atom stereocenters. The van der Waals surface area contributed by atoms with Crippen LogP contribution in [0.3, 0.4) is 0 Å². The van der Waals surface area contributed by atoms with Crippen molar-refractivity contribution in [3.8, 4) is 0 Å². The average molecular weight is 304 g/mol. The number of methoxy groups -OCH3 is 1. The van der Waals surface area contributed by atoms with Crippen LogP contribution in [0.4, 0.5) is 5.69 Å². The van der Waals surface area contributed by atoms with E-state index in [0.29, 0.717) is 11.5 Å². The molecule has 1 fully saturated rings. The molecular weight excluding hydrogens is 280 g/mol. The number of nitrogens with zero attached hydrogens (tertiary/aromatic N) is 1. The predicted molar refractivity (Wildman–Crippen MR) is 86.0 cm³/mol. The fourth-order valence-electron chi connectivity index (χ4n) is 2.76. The highest BCUT2D eigenvalue weighted by Gasteiger charge is 2.20. The summed E-state index contributed by atoms with van der Waals surface area (Å²) in [5.41, 5.74) is 2.27. The second-order valence-corrected chi connectivity index (χ2v) is 5.96. The van der Waals surface area contributed by atoms with Crippen LogP contribution >= 0.6 is 0 Å². The second-order valence-electron chi connectivity index (χ2n) is 5.96. The SMILES string of the molecule is COC(=O)c1ccc(C)c(NCC(=O)N2CCCC(C)C2)c1. The summed E-state index contributed by atoms with van der Waals surface area (Å²) in [7, 11) is 1.36. The van der Waals surface area contributed by atoms with E-state index in [4.69, 9.17) is 4.74 Å². The highest BCUT2D eigenvalue weighted by Crippen LogP contribution is 2.19. The Morgan fingerprint density at radius 2 is 2.18 bits per heavy atom. The third-order valence-electron chi connectivity index (χ3n) is 4.10. The number of aryl methyl sites for hydroxylation is 1. The summed E-state index contributed by atoms with van der Waals surface area (Å²) in [4.78, 5) is 25.8. The standard InChI is InChI=1S/C17H24N2O3/c1-12-5-4-8-19(11-12)16(20)10-18-15-9-14(17(21)22-3)7-6-13(15)2/h6-7,9,12,18H,4-5,8,10-11H2,1-3H3. The van der Waals surface area contributed by atoms with E-state index >= 15 is 0 Å². The van der Waals surface area contributed by atoms with Crippen LogP contribution in [-0.2, 0) is 9.53 Å². The van der Waals surface area contributed by atoms with E-state index in [1.54, 1.807) is 12.1 Å². The van der Waals surface area contributed by atoms with Gasteiger partial charge in [0, 0.05) is 18.8 Å². The molecule has 120 valence electrons. The Labute approximate surface area is 131 Å². The lowest BCUT2D eigenvalue weighted by molar-refractivity contribution is -0.130. The Morgan fingerprint density at radius 1 is 1.41 bits per heavy atom. The van der Waals surface area contributed by atoms with Gasteiger partial charge in [0.1, 0.15) is 0 Å². The van der Waals surface area contributed by atoms with Crippen molar-refractivity contribution in [1.29, 1.82) is 0 Å². The molecule has 1 aliphatic heterocycles. The summed E-state index contributed by atoms with van der Waals surface area (Å²) in [6, 6.07) is 5.30. The van der Waals surface area contributed by atoms with Gasteiger partial charge in [0.15, 0.2) is 0 Å². The summed E-state index contributed by atoms with van der Waals surface area (Å²) < 4.78 is 4.72. The molecule has 1 aliphatic rings. The number of likely N-dealkylation sites (tertiary alicyclic amines) is 1. The summed E-state index contributed by atoms with van der Waals surface area (Å²) in [5.74, 6) is 0.302. The zero-order valence-electron chi connectivity index (χ0n) is 13.5. The maximum Gasteiger partial charge on any atom is 0.337 e. The van der Waals surface area contributed by atoms with Gasteiger partial charge in [-0.2, -0.15) is 0 Å². The van der Waals surface area contributed by atoms with Gasteiger partial charge < -0.3 is 15.0 Å². The maximum absolute atomic E-state index is 12.3. The van der Waals surface area contributed by atoms with E-state index in [1.165, 1.54) is 13.5 Å². The van der Waals surface area contributed by atoms with Crippen LogP contribution in [0.5, 0.6) is 0 Å². The van der Waals surface area contributed by atoms with Crippen LogP contribution in [0.2, 0.25) is 0 Å². The van der Waals surface area contributed by atoms with E-state index in [1.807, 2.05) is 17.9 Å². The molecule has 0 spiro atoms. The molecule has 1 atom stereocenters. The Bertz CT molecular complexity index is 557. The van der Waals surface area contributed by atoms with Crippen LogP contribution in [0.25, 0.3) is 0 Å². The Morgan fingerprint density at radius 3 is 2.86 bits per heavy atom. The molecule has 1 saturated heterocycles. The largest absolute Gasteiger partial charge is 0.465 e. The molecule has 0 aromatic heterocycles. The first kappa shape index (κ1) is 16.3. The van der Waals surface area contributed by atoms with Crippen molar-refractivity contribution in [1.82, 2.24) is 4.90 Å². The number of anilines is 1. The lowest BCUT2D eigenvalue weighted by Crippen LogP contribution is -2.42. The molecule has 2 rings (SSSR count). The van der Waals surface area contributed by atoms with Crippen molar-refractivity contribution < 1.29 is 14.3 Å². The molecule has 0 aliphatic carbocycles. The summed E-state index contributed by atoms with van der Waals surface area (Å²) in [6.45, 7) is 6.04. The molecule has 1 heterocycles. The van der Waals surface area contributed by atoms with Crippen molar-refractivity contribution in [3.63, 3.8) is 0 Å². The van der Waals surface area contributed by atoms with Gasteiger partial charge in [0.25, 0.3) is 0 Å². The van der Waals surface area contributed by atoms with Gasteiger partial charge in [-0.15, -0.1) is 0 Å². The van der Waals surface area contributed by atoms with Gasteiger partial charge in [-0.05, 0) is 43.4 Å². The van der Waals surface area contributed by atoms with E-state index in [0.717, 1.165) is 30.8 Å². The van der Waals surface area contributed by atoms with Crippen LogP contribution in [0.15, 0.2) is 18.2 Å². The quantitative estimate of drug-likeness (QED) is 0.868. The van der Waals surface area contributed by atoms with Gasteiger partial charge in [0.05, 0.1) is 19.2 Å². The van der Waals surface area contributed by atoms with Crippen LogP contribution in [-0.4, -0.2) is 43.5 Å². The number of benzene rings is 1. The van der Waals surface area contributed by atoms with Crippen LogP contribution < -0.4 is 5.32 Å². The normalized spacial score (nSPS) is 18.0. The molecule has 1 aromatic carbocycles. The zero-order chi connectivity index (χ0) is 16.1. The van der Waals surface area contributed by atoms with Gasteiger partial charge in [-0.25, -0.2) is 4.79 Å². The van der Waals surface area contributed by atoms with Crippen LogP contribution in [0, 0.1) is 12.8 Å². The van der Waals surface area contributed by atoms with Crippen molar-refractivity contribution in [2.45, 2.75) is 26.7 Å². The second kappa shape index (κ2) is 7.29. The monoisotopic (exact) mass is 304 g/mol. The molecule has 1 N–H and O–H groups in total. The molecule has 1 aromatic rings. The first-order valence-electron chi connectivity index (χ1n) is 7.72. The van der Waals surface area contributed by atoms with E-state index in [2.05, 4.69) is 12.2 Å². The summed E-state index contributed by atoms with van der Waals surface area (Å²) >= 11 is 0. The molecule has 5 heteroatoms. The zero-order valence-corrected chi connectivity index (χ0v) is 13.5. The van der Waals surface area contributed by atoms with E-state index < -0.39 is 0 Å². The van der Waals surface area contributed by atoms with Crippen molar-refractivity contribution in [2.75, 3.05) is 32.1 Å². The smallest absolute Gasteiger partial charge is 0.337 e. The number of hydrogen-bond donors (Lipinski definition) is 1. The number of ether oxygens (including phenoxy) is 1. The summed E-state index contributed by atoms with van der Waals surface area (Å²) in [5, 5.41) is 3.15. The average Bonchev–Trinajstić information content (AvgIpc) is 2.53. The summed E-state index contributed by atoms with van der Waals surface area (Å²) in [6.07, 6.45) is 2.27. The number of carbonyl (C=O) groups is 2. The number of rotatable bonds is 4. The lowest BCUT2D eigenvalue weighted by atomic mass is 10.0. The van der Waals surface area contributed by atoms with Crippen molar-refractivity contribution in [2.24, 2.45) is 5.92 Å². The molecule has 0 bridgehead atoms. The van der Waals surface area contributed by atoms with E-state index in [9.17, 15) is 9.59 Å². The van der Waals surface area contributed by atoms with Crippen LogP contribution in [0.1, 0.15) is 35.7 Å². The minimum atomic E-state index is -0.376. The Hall–Kier alpha value is -2.04. The van der Waals surface area contributed by atoms with Crippen molar-refractivity contribution >= 4 is 17.6 Å².